The van der Waals surface area contributed by atoms with Crippen molar-refractivity contribution in [3.8, 4) is 0 Å². The predicted molar refractivity (Wildman–Crippen MR) is 90.7 cm³/mol. The minimum atomic E-state index is -0.225. The van der Waals surface area contributed by atoms with Crippen LogP contribution in [-0.2, 0) is 20.9 Å². The number of ether oxygens (including phenoxy) is 1. The van der Waals surface area contributed by atoms with Crippen molar-refractivity contribution in [2.24, 2.45) is 5.10 Å². The highest BCUT2D eigenvalue weighted by Gasteiger charge is 2.18. The summed E-state index contributed by atoms with van der Waals surface area (Å²) in [6.07, 6.45) is 3.48. The second kappa shape index (κ2) is 7.27. The number of nitrogens with one attached hydrogen (secondary N) is 1. The van der Waals surface area contributed by atoms with Gasteiger partial charge in [0.05, 0.1) is 19.4 Å². The smallest absolute Gasteiger partial charge is 0.242 e. The number of carbonyl (C=O) groups is 2. The number of aromatic nitrogens is 1. The lowest BCUT2D eigenvalue weighted by molar-refractivity contribution is -0.135. The number of carbonyl (C=O) groups excluding carboxylic acids is 2. The number of fused-ring (bicyclic) bond motifs is 1. The number of hydrogen-bond acceptors (Lipinski definition) is 4. The summed E-state index contributed by atoms with van der Waals surface area (Å²) in [5.74, 6) is -0.151. The largest absolute Gasteiger partial charge is 0.378 e. The van der Waals surface area contributed by atoms with Crippen molar-refractivity contribution in [1.82, 2.24) is 14.9 Å². The number of para-hydroxylation sites is 1. The topological polar surface area (TPSA) is 75.9 Å². The molecule has 7 nitrogen and oxygen atoms in total. The van der Waals surface area contributed by atoms with Gasteiger partial charge in [-0.25, -0.2) is 5.43 Å². The maximum Gasteiger partial charge on any atom is 0.242 e. The molecule has 0 saturated carbocycles. The van der Waals surface area contributed by atoms with Crippen LogP contribution in [0.5, 0.6) is 0 Å². The van der Waals surface area contributed by atoms with Gasteiger partial charge in [0.2, 0.25) is 11.8 Å². The molecule has 0 bridgehead atoms. The van der Waals surface area contributed by atoms with E-state index in [-0.39, 0.29) is 18.4 Å². The second-order valence-corrected chi connectivity index (χ2v) is 5.65. The van der Waals surface area contributed by atoms with E-state index in [1.807, 2.05) is 39.9 Å². The van der Waals surface area contributed by atoms with Crippen molar-refractivity contribution < 1.29 is 14.3 Å². The van der Waals surface area contributed by atoms with Gasteiger partial charge in [0.15, 0.2) is 0 Å². The number of hydrogen-bond donors (Lipinski definition) is 1. The molecule has 1 aliphatic heterocycles. The van der Waals surface area contributed by atoms with Crippen LogP contribution in [0.1, 0.15) is 12.5 Å². The van der Waals surface area contributed by atoms with Crippen LogP contribution in [0, 0.1) is 0 Å². The van der Waals surface area contributed by atoms with Gasteiger partial charge in [-0.05, 0) is 6.07 Å². The minimum Gasteiger partial charge on any atom is -0.378 e. The first-order valence-corrected chi connectivity index (χ1v) is 7.88. The summed E-state index contributed by atoms with van der Waals surface area (Å²) in [6, 6.07) is 7.82. The van der Waals surface area contributed by atoms with Crippen molar-refractivity contribution in [1.29, 1.82) is 0 Å². The summed E-state index contributed by atoms with van der Waals surface area (Å²) in [5, 5.41) is 4.91. The molecule has 1 aromatic carbocycles. The van der Waals surface area contributed by atoms with E-state index < -0.39 is 0 Å². The summed E-state index contributed by atoms with van der Waals surface area (Å²) in [5.41, 5.74) is 4.21. The van der Waals surface area contributed by atoms with Crippen molar-refractivity contribution in [3.63, 3.8) is 0 Å². The summed E-state index contributed by atoms with van der Waals surface area (Å²) < 4.78 is 7.20. The molecular formula is C17H20N4O3. The van der Waals surface area contributed by atoms with Crippen molar-refractivity contribution in [2.45, 2.75) is 13.5 Å². The average Bonchev–Trinajstić information content (AvgIpc) is 2.93. The molecular weight excluding hydrogens is 308 g/mol. The molecule has 2 heterocycles. The molecule has 0 unspecified atom stereocenters. The van der Waals surface area contributed by atoms with E-state index in [0.717, 1.165) is 16.5 Å². The highest BCUT2D eigenvalue weighted by atomic mass is 16.5. The van der Waals surface area contributed by atoms with Crippen LogP contribution in [0.15, 0.2) is 35.6 Å². The second-order valence-electron chi connectivity index (χ2n) is 5.65. The highest BCUT2D eigenvalue weighted by molar-refractivity contribution is 6.00. The number of benzene rings is 1. The first-order chi connectivity index (χ1) is 11.6. The fourth-order valence-electron chi connectivity index (χ4n) is 2.76. The Hall–Kier alpha value is -2.67. The fourth-order valence-corrected chi connectivity index (χ4v) is 2.76. The van der Waals surface area contributed by atoms with Gasteiger partial charge in [-0.2, -0.15) is 5.10 Å². The number of nitrogens with zero attached hydrogens (tertiary/aromatic N) is 3. The van der Waals surface area contributed by atoms with E-state index in [1.165, 1.54) is 6.92 Å². The van der Waals surface area contributed by atoms with Gasteiger partial charge in [0, 0.05) is 42.7 Å². The van der Waals surface area contributed by atoms with Crippen molar-refractivity contribution in [2.75, 3.05) is 26.3 Å². The Morgan fingerprint density at radius 2 is 2.04 bits per heavy atom. The van der Waals surface area contributed by atoms with Crippen LogP contribution >= 0.6 is 0 Å². The maximum atomic E-state index is 12.5. The molecule has 126 valence electrons. The van der Waals surface area contributed by atoms with Gasteiger partial charge in [0.1, 0.15) is 6.54 Å². The van der Waals surface area contributed by atoms with Crippen LogP contribution in [-0.4, -0.2) is 53.8 Å². The molecule has 3 rings (SSSR count). The molecule has 7 heteroatoms. The summed E-state index contributed by atoms with van der Waals surface area (Å²) in [7, 11) is 0. The van der Waals surface area contributed by atoms with E-state index in [1.54, 1.807) is 6.21 Å². The standard InChI is InChI=1S/C17H20N4O3/c1-13(22)19-18-10-14-11-21(16-5-3-2-4-15(14)16)12-17(23)20-6-8-24-9-7-20/h2-5,10-11H,6-9,12H2,1H3,(H,19,22)/b18-10-. The number of rotatable bonds is 4. The Bertz CT molecular complexity index is 775. The fraction of sp³-hybridized carbons (Fsp3) is 0.353. The lowest BCUT2D eigenvalue weighted by atomic mass is 10.2. The summed E-state index contributed by atoms with van der Waals surface area (Å²) in [6.45, 7) is 4.12. The predicted octanol–water partition coefficient (Wildman–Crippen LogP) is 0.970. The molecule has 2 aromatic rings. The zero-order valence-corrected chi connectivity index (χ0v) is 13.6. The van der Waals surface area contributed by atoms with Crippen molar-refractivity contribution in [3.05, 3.63) is 36.0 Å². The lowest BCUT2D eigenvalue weighted by Gasteiger charge is -2.27. The monoisotopic (exact) mass is 328 g/mol. The molecule has 1 N–H and O–H groups in total. The molecule has 0 aliphatic carbocycles. The van der Waals surface area contributed by atoms with E-state index in [0.29, 0.717) is 26.3 Å². The number of hydrazone groups is 1. The third-order valence-corrected chi connectivity index (χ3v) is 3.91. The number of morpholine rings is 1. The van der Waals surface area contributed by atoms with E-state index in [4.69, 9.17) is 4.74 Å². The third-order valence-electron chi connectivity index (χ3n) is 3.91. The van der Waals surface area contributed by atoms with Gasteiger partial charge in [-0.3, -0.25) is 9.59 Å². The Labute approximate surface area is 139 Å². The summed E-state index contributed by atoms with van der Waals surface area (Å²) >= 11 is 0. The Kier molecular flexibility index (Phi) is 4.90. The van der Waals surface area contributed by atoms with Crippen LogP contribution in [0.25, 0.3) is 10.9 Å². The minimum absolute atomic E-state index is 0.0735. The molecule has 24 heavy (non-hydrogen) atoms. The molecule has 0 atom stereocenters. The van der Waals surface area contributed by atoms with Crippen LogP contribution < -0.4 is 5.43 Å². The van der Waals surface area contributed by atoms with Gasteiger partial charge < -0.3 is 14.2 Å². The van der Waals surface area contributed by atoms with E-state index in [9.17, 15) is 9.59 Å². The van der Waals surface area contributed by atoms with E-state index >= 15 is 0 Å². The van der Waals surface area contributed by atoms with Crippen LogP contribution in [0.2, 0.25) is 0 Å². The first-order valence-electron chi connectivity index (χ1n) is 7.88. The van der Waals surface area contributed by atoms with E-state index in [2.05, 4.69) is 10.5 Å². The zero-order valence-electron chi connectivity index (χ0n) is 13.6. The van der Waals surface area contributed by atoms with Gasteiger partial charge >= 0.3 is 0 Å². The molecule has 0 spiro atoms. The molecule has 1 fully saturated rings. The Morgan fingerprint density at radius 1 is 1.29 bits per heavy atom. The Balaban J connectivity index is 1.83. The quantitative estimate of drug-likeness (QED) is 0.671. The Morgan fingerprint density at radius 3 is 2.79 bits per heavy atom. The molecule has 0 radical (unpaired) electrons. The lowest BCUT2D eigenvalue weighted by Crippen LogP contribution is -2.42. The van der Waals surface area contributed by atoms with Gasteiger partial charge in [0.25, 0.3) is 0 Å². The highest BCUT2D eigenvalue weighted by Crippen LogP contribution is 2.20. The van der Waals surface area contributed by atoms with Crippen LogP contribution in [0.3, 0.4) is 0 Å². The van der Waals surface area contributed by atoms with Crippen LogP contribution in [0.4, 0.5) is 0 Å². The molecule has 1 aliphatic rings. The SMILES string of the molecule is CC(=O)N/N=C\c1cn(CC(=O)N2CCOCC2)c2ccccc12. The normalized spacial score (nSPS) is 15.1. The molecule has 1 aromatic heterocycles. The van der Waals surface area contributed by atoms with Gasteiger partial charge in [-0.1, -0.05) is 18.2 Å². The first kappa shape index (κ1) is 16.2. The van der Waals surface area contributed by atoms with Gasteiger partial charge in [-0.15, -0.1) is 0 Å². The summed E-state index contributed by atoms with van der Waals surface area (Å²) in [4.78, 5) is 25.2. The van der Waals surface area contributed by atoms with Crippen molar-refractivity contribution >= 4 is 28.9 Å². The maximum absolute atomic E-state index is 12.5. The molecule has 2 amide bonds. The average molecular weight is 328 g/mol. The third kappa shape index (κ3) is 3.62. The zero-order chi connectivity index (χ0) is 16.9. The molecule has 1 saturated heterocycles. The number of amides is 2.